The predicted molar refractivity (Wildman–Crippen MR) is 80.8 cm³/mol. The van der Waals surface area contributed by atoms with Crippen LogP contribution in [0.2, 0.25) is 10.0 Å². The van der Waals surface area contributed by atoms with E-state index < -0.39 is 11.4 Å². The highest BCUT2D eigenvalue weighted by molar-refractivity contribution is 6.34. The molecule has 2 fully saturated rings. The zero-order chi connectivity index (χ0) is 14.3. The molecule has 0 radical (unpaired) electrons. The lowest BCUT2D eigenvalue weighted by atomic mass is 9.83. The molecule has 0 saturated heterocycles. The molecular formula is C16H18Cl2O2. The lowest BCUT2D eigenvalue weighted by Gasteiger charge is -2.24. The van der Waals surface area contributed by atoms with Gasteiger partial charge in [0.05, 0.1) is 5.41 Å². The van der Waals surface area contributed by atoms with Crippen molar-refractivity contribution in [2.24, 2.45) is 0 Å². The van der Waals surface area contributed by atoms with Gasteiger partial charge in [-0.1, -0.05) is 42.5 Å². The minimum absolute atomic E-state index is 0.475. The Morgan fingerprint density at radius 3 is 2.30 bits per heavy atom. The number of carboxylic acid groups (broad SMARTS) is 1. The van der Waals surface area contributed by atoms with Crippen molar-refractivity contribution in [1.82, 2.24) is 0 Å². The van der Waals surface area contributed by atoms with Gasteiger partial charge < -0.3 is 5.11 Å². The summed E-state index contributed by atoms with van der Waals surface area (Å²) in [6, 6.07) is 3.72. The van der Waals surface area contributed by atoms with Crippen LogP contribution in [-0.2, 0) is 10.2 Å². The monoisotopic (exact) mass is 312 g/mol. The highest BCUT2D eigenvalue weighted by Gasteiger charge is 2.53. The number of rotatable bonds is 3. The Morgan fingerprint density at radius 1 is 1.10 bits per heavy atom. The summed E-state index contributed by atoms with van der Waals surface area (Å²) < 4.78 is 0. The molecule has 0 heterocycles. The van der Waals surface area contributed by atoms with Crippen molar-refractivity contribution in [2.75, 3.05) is 0 Å². The molecule has 3 rings (SSSR count). The quantitative estimate of drug-likeness (QED) is 0.837. The normalized spacial score (nSPS) is 21.7. The average molecular weight is 313 g/mol. The molecule has 0 spiro atoms. The van der Waals surface area contributed by atoms with Gasteiger partial charge in [-0.15, -0.1) is 0 Å². The van der Waals surface area contributed by atoms with Gasteiger partial charge in [-0.25, -0.2) is 0 Å². The van der Waals surface area contributed by atoms with E-state index in [1.807, 2.05) is 6.07 Å². The molecule has 2 aliphatic carbocycles. The second-order valence-corrected chi connectivity index (χ2v) is 6.89. The maximum absolute atomic E-state index is 11.4. The van der Waals surface area contributed by atoms with Gasteiger partial charge in [0.1, 0.15) is 0 Å². The Hall–Kier alpha value is -0.730. The van der Waals surface area contributed by atoms with Gasteiger partial charge in [0, 0.05) is 10.0 Å². The highest BCUT2D eigenvalue weighted by atomic mass is 35.5. The van der Waals surface area contributed by atoms with Crippen LogP contribution in [0.5, 0.6) is 0 Å². The summed E-state index contributed by atoms with van der Waals surface area (Å²) in [6.45, 7) is 0. The third-order valence-corrected chi connectivity index (χ3v) is 5.45. The van der Waals surface area contributed by atoms with Gasteiger partial charge in [-0.05, 0) is 54.9 Å². The van der Waals surface area contributed by atoms with Crippen LogP contribution in [0.4, 0.5) is 0 Å². The second-order valence-electron chi connectivity index (χ2n) is 6.08. The maximum Gasteiger partial charge on any atom is 0.314 e. The molecule has 0 bridgehead atoms. The van der Waals surface area contributed by atoms with Gasteiger partial charge in [0.25, 0.3) is 0 Å². The second kappa shape index (κ2) is 5.23. The molecule has 0 aromatic heterocycles. The van der Waals surface area contributed by atoms with Gasteiger partial charge in [-0.2, -0.15) is 0 Å². The van der Waals surface area contributed by atoms with E-state index in [-0.39, 0.29) is 0 Å². The predicted octanol–water partition coefficient (Wildman–Crippen LogP) is 5.16. The topological polar surface area (TPSA) is 37.3 Å². The molecule has 0 atom stereocenters. The van der Waals surface area contributed by atoms with E-state index in [1.165, 1.54) is 19.3 Å². The van der Waals surface area contributed by atoms with Crippen molar-refractivity contribution >= 4 is 29.2 Å². The van der Waals surface area contributed by atoms with Crippen LogP contribution in [0.1, 0.15) is 62.0 Å². The van der Waals surface area contributed by atoms with Crippen LogP contribution in [0.25, 0.3) is 0 Å². The van der Waals surface area contributed by atoms with Gasteiger partial charge in [0.15, 0.2) is 0 Å². The first-order valence-electron chi connectivity index (χ1n) is 7.27. The van der Waals surface area contributed by atoms with Crippen LogP contribution in [-0.4, -0.2) is 11.1 Å². The van der Waals surface area contributed by atoms with Crippen molar-refractivity contribution in [1.29, 1.82) is 0 Å². The molecule has 2 aliphatic rings. The minimum Gasteiger partial charge on any atom is -0.481 e. The Kier molecular flexibility index (Phi) is 3.72. The van der Waals surface area contributed by atoms with E-state index >= 15 is 0 Å². The van der Waals surface area contributed by atoms with Crippen LogP contribution >= 0.6 is 23.2 Å². The summed E-state index contributed by atoms with van der Waals surface area (Å²) in [5.74, 6) is -0.316. The first-order chi connectivity index (χ1) is 9.54. The fourth-order valence-corrected chi connectivity index (χ4v) is 4.05. The molecule has 1 N–H and O–H groups in total. The van der Waals surface area contributed by atoms with Crippen LogP contribution in [0, 0.1) is 0 Å². The molecule has 0 unspecified atom stereocenters. The fourth-order valence-electron chi connectivity index (χ4n) is 3.38. The van der Waals surface area contributed by atoms with E-state index in [9.17, 15) is 9.90 Å². The number of benzene rings is 1. The SMILES string of the molecule is O=C(O)C1(c2cc(Cl)c(C3CCCCC3)cc2Cl)CC1. The van der Waals surface area contributed by atoms with Crippen LogP contribution in [0.15, 0.2) is 12.1 Å². The third-order valence-electron chi connectivity index (χ3n) is 4.81. The molecule has 108 valence electrons. The smallest absolute Gasteiger partial charge is 0.314 e. The molecule has 2 saturated carbocycles. The van der Waals surface area contributed by atoms with Crippen molar-refractivity contribution < 1.29 is 9.90 Å². The first kappa shape index (κ1) is 14.2. The van der Waals surface area contributed by atoms with E-state index in [1.54, 1.807) is 6.07 Å². The van der Waals surface area contributed by atoms with Crippen LogP contribution < -0.4 is 0 Å². The van der Waals surface area contributed by atoms with Crippen molar-refractivity contribution in [3.8, 4) is 0 Å². The lowest BCUT2D eigenvalue weighted by molar-refractivity contribution is -0.140. The largest absolute Gasteiger partial charge is 0.481 e. The summed E-state index contributed by atoms with van der Waals surface area (Å²) in [5, 5.41) is 10.6. The van der Waals surface area contributed by atoms with Gasteiger partial charge in [-0.3, -0.25) is 4.79 Å². The standard InChI is InChI=1S/C16H18Cl2O2/c17-13-9-12(16(6-7-16)15(19)20)14(18)8-11(13)10-4-2-1-3-5-10/h8-10H,1-7H2,(H,19,20). The molecule has 2 nitrogen and oxygen atoms in total. The molecule has 0 amide bonds. The number of hydrogen-bond acceptors (Lipinski definition) is 1. The summed E-state index contributed by atoms with van der Waals surface area (Å²) in [7, 11) is 0. The molecule has 1 aromatic rings. The Morgan fingerprint density at radius 2 is 1.75 bits per heavy atom. The number of carboxylic acids is 1. The molecular weight excluding hydrogens is 295 g/mol. The van der Waals surface area contributed by atoms with Crippen LogP contribution in [0.3, 0.4) is 0 Å². The van der Waals surface area contributed by atoms with E-state index in [0.717, 1.165) is 18.4 Å². The highest BCUT2D eigenvalue weighted by Crippen LogP contribution is 2.52. The minimum atomic E-state index is -0.791. The van der Waals surface area contributed by atoms with E-state index in [0.29, 0.717) is 34.4 Å². The van der Waals surface area contributed by atoms with Crippen molar-refractivity contribution in [3.05, 3.63) is 33.3 Å². The Labute approximate surface area is 129 Å². The summed E-state index contributed by atoms with van der Waals surface area (Å²) in [4.78, 5) is 11.4. The maximum atomic E-state index is 11.4. The Balaban J connectivity index is 1.96. The zero-order valence-corrected chi connectivity index (χ0v) is 12.8. The van der Waals surface area contributed by atoms with E-state index in [2.05, 4.69) is 0 Å². The molecule has 1 aromatic carbocycles. The molecule has 20 heavy (non-hydrogen) atoms. The summed E-state index contributed by atoms with van der Waals surface area (Å²) >= 11 is 12.8. The Bertz CT molecular complexity index is 544. The number of halogens is 2. The van der Waals surface area contributed by atoms with E-state index in [4.69, 9.17) is 23.2 Å². The summed E-state index contributed by atoms with van der Waals surface area (Å²) in [6.07, 6.45) is 7.38. The number of aliphatic carboxylic acids is 1. The fraction of sp³-hybridized carbons (Fsp3) is 0.562. The van der Waals surface area contributed by atoms with Gasteiger partial charge >= 0.3 is 5.97 Å². The van der Waals surface area contributed by atoms with Gasteiger partial charge in [0.2, 0.25) is 0 Å². The summed E-state index contributed by atoms with van der Waals surface area (Å²) in [5.41, 5.74) is 1.00. The average Bonchev–Trinajstić information content (AvgIpc) is 3.23. The molecule has 0 aliphatic heterocycles. The number of hydrogen-bond donors (Lipinski definition) is 1. The number of carbonyl (C=O) groups is 1. The van der Waals surface area contributed by atoms with Crippen molar-refractivity contribution in [3.63, 3.8) is 0 Å². The first-order valence-corrected chi connectivity index (χ1v) is 8.03. The lowest BCUT2D eigenvalue weighted by Crippen LogP contribution is -2.20. The third kappa shape index (κ3) is 2.33. The van der Waals surface area contributed by atoms with Crippen molar-refractivity contribution in [2.45, 2.75) is 56.3 Å². The molecule has 4 heteroatoms. The zero-order valence-electron chi connectivity index (χ0n) is 11.3.